The van der Waals surface area contributed by atoms with E-state index < -0.39 is 5.97 Å². The molecule has 0 spiro atoms. The lowest BCUT2D eigenvalue weighted by atomic mass is 9.80. The molecule has 0 aliphatic heterocycles. The highest BCUT2D eigenvalue weighted by Crippen LogP contribution is 2.50. The molecule has 6 heteroatoms. The van der Waals surface area contributed by atoms with Gasteiger partial charge in [-0.05, 0) is 65.5 Å². The van der Waals surface area contributed by atoms with Crippen LogP contribution in [0.15, 0.2) is 18.2 Å². The molecule has 3 aliphatic rings. The molecule has 1 aromatic carbocycles. The molecule has 0 bridgehead atoms. The molecule has 37 heavy (non-hydrogen) atoms. The van der Waals surface area contributed by atoms with Crippen molar-refractivity contribution in [3.05, 3.63) is 45.7 Å². The lowest BCUT2D eigenvalue weighted by Gasteiger charge is -2.32. The van der Waals surface area contributed by atoms with Crippen LogP contribution < -0.4 is 5.32 Å². The van der Waals surface area contributed by atoms with Gasteiger partial charge in [0.1, 0.15) is 5.69 Å². The molecule has 0 radical (unpaired) electrons. The Balaban J connectivity index is 1.53. The molecule has 0 atom stereocenters. The van der Waals surface area contributed by atoms with E-state index in [4.69, 9.17) is 11.6 Å². The van der Waals surface area contributed by atoms with Crippen LogP contribution in [0, 0.1) is 11.8 Å². The van der Waals surface area contributed by atoms with E-state index in [9.17, 15) is 14.7 Å². The molecule has 0 unspecified atom stereocenters. The number of aromatic amines is 1. The third kappa shape index (κ3) is 5.48. The number of aromatic nitrogens is 1. The van der Waals surface area contributed by atoms with Crippen molar-refractivity contribution < 1.29 is 14.7 Å². The molecule has 3 aliphatic carbocycles. The van der Waals surface area contributed by atoms with Gasteiger partial charge in [0.25, 0.3) is 5.91 Å². The molecule has 0 saturated heterocycles. The number of H-pyrrole nitrogens is 1. The first-order valence-electron chi connectivity index (χ1n) is 14.0. The number of rotatable bonds is 7. The fourth-order valence-corrected chi connectivity index (χ4v) is 6.40. The smallest absolute Gasteiger partial charge is 0.306 e. The Morgan fingerprint density at radius 2 is 1.78 bits per heavy atom. The number of carboxylic acid groups (broad SMARTS) is 1. The van der Waals surface area contributed by atoms with Gasteiger partial charge in [-0.15, -0.1) is 0 Å². The van der Waals surface area contributed by atoms with E-state index in [1.165, 1.54) is 56.1 Å². The van der Waals surface area contributed by atoms with Crippen molar-refractivity contribution in [2.75, 3.05) is 0 Å². The normalized spacial score (nSPS) is 23.4. The second-order valence-electron chi connectivity index (χ2n) is 13.2. The Hall–Kier alpha value is -2.27. The van der Waals surface area contributed by atoms with Gasteiger partial charge < -0.3 is 15.4 Å². The topological polar surface area (TPSA) is 82.2 Å². The number of carboxylic acids is 1. The van der Waals surface area contributed by atoms with Gasteiger partial charge in [-0.25, -0.2) is 0 Å². The number of benzene rings is 1. The second-order valence-corrected chi connectivity index (χ2v) is 13.5. The van der Waals surface area contributed by atoms with Crippen LogP contribution in [0.3, 0.4) is 0 Å². The van der Waals surface area contributed by atoms with Crippen LogP contribution in [0.5, 0.6) is 0 Å². The second kappa shape index (κ2) is 9.80. The van der Waals surface area contributed by atoms with Gasteiger partial charge in [0.05, 0.1) is 10.9 Å². The fraction of sp³-hybridized carbons (Fsp3) is 0.613. The van der Waals surface area contributed by atoms with Crippen molar-refractivity contribution in [1.82, 2.24) is 10.3 Å². The minimum atomic E-state index is -0.792. The van der Waals surface area contributed by atoms with Crippen LogP contribution >= 0.6 is 11.6 Å². The van der Waals surface area contributed by atoms with Crippen molar-refractivity contribution in [3.63, 3.8) is 0 Å². The van der Waals surface area contributed by atoms with Crippen LogP contribution in [0.4, 0.5) is 0 Å². The summed E-state index contributed by atoms with van der Waals surface area (Å²) >= 11 is 7.06. The number of carbonyl (C=O) groups excluding carboxylic acids is 1. The molecule has 3 N–H and O–H groups in total. The average molecular weight is 525 g/mol. The number of nitrogens with one attached hydrogen (secondary N) is 2. The number of halogens is 1. The van der Waals surface area contributed by atoms with Crippen molar-refractivity contribution in [3.8, 4) is 11.1 Å². The van der Waals surface area contributed by atoms with Gasteiger partial charge >= 0.3 is 5.97 Å². The SMILES string of the molecule is CC(C)(C)c1cc(-c2c(CC3CCCCC3)[nH]c(C(=O)NC3CC(C(=O)O)C3)c2Cl)cc(C2(C)CC2)c1. The minimum absolute atomic E-state index is 0.00651. The van der Waals surface area contributed by atoms with Gasteiger partial charge in [0.2, 0.25) is 0 Å². The lowest BCUT2D eigenvalue weighted by Crippen LogP contribution is -2.46. The van der Waals surface area contributed by atoms with Crippen LogP contribution in [-0.4, -0.2) is 28.0 Å². The Labute approximate surface area is 225 Å². The summed E-state index contributed by atoms with van der Waals surface area (Å²) in [5, 5.41) is 12.7. The molecule has 3 fully saturated rings. The van der Waals surface area contributed by atoms with E-state index >= 15 is 0 Å². The molecule has 3 saturated carbocycles. The van der Waals surface area contributed by atoms with Crippen molar-refractivity contribution in [1.29, 1.82) is 0 Å². The summed E-state index contributed by atoms with van der Waals surface area (Å²) in [6.07, 6.45) is 10.5. The summed E-state index contributed by atoms with van der Waals surface area (Å²) in [7, 11) is 0. The highest BCUT2D eigenvalue weighted by molar-refractivity contribution is 6.36. The van der Waals surface area contributed by atoms with Crippen LogP contribution in [0.2, 0.25) is 5.02 Å². The van der Waals surface area contributed by atoms with Crippen molar-refractivity contribution in [2.45, 2.75) is 109 Å². The van der Waals surface area contributed by atoms with Crippen LogP contribution in [0.25, 0.3) is 11.1 Å². The Morgan fingerprint density at radius 3 is 2.38 bits per heavy atom. The maximum absolute atomic E-state index is 13.3. The molecular weight excluding hydrogens is 484 g/mol. The summed E-state index contributed by atoms with van der Waals surface area (Å²) in [5.41, 5.74) is 6.37. The maximum Gasteiger partial charge on any atom is 0.306 e. The van der Waals surface area contributed by atoms with E-state index in [0.29, 0.717) is 29.5 Å². The molecule has 5 rings (SSSR count). The number of carbonyl (C=O) groups is 2. The number of hydrogen-bond donors (Lipinski definition) is 3. The summed E-state index contributed by atoms with van der Waals surface area (Å²) < 4.78 is 0. The van der Waals surface area contributed by atoms with E-state index in [2.05, 4.69) is 56.2 Å². The third-order valence-electron chi connectivity index (χ3n) is 9.07. The quantitative estimate of drug-likeness (QED) is 0.353. The highest BCUT2D eigenvalue weighted by atomic mass is 35.5. The Kier molecular flexibility index (Phi) is 6.97. The first-order chi connectivity index (χ1) is 17.4. The zero-order valence-electron chi connectivity index (χ0n) is 22.7. The van der Waals surface area contributed by atoms with Gasteiger partial charge in [0, 0.05) is 17.3 Å². The molecular formula is C31H41ClN2O3. The first-order valence-corrected chi connectivity index (χ1v) is 14.4. The zero-order valence-corrected chi connectivity index (χ0v) is 23.4. The van der Waals surface area contributed by atoms with E-state index in [1.54, 1.807) is 0 Å². The number of amides is 1. The Morgan fingerprint density at radius 1 is 1.11 bits per heavy atom. The highest BCUT2D eigenvalue weighted by Gasteiger charge is 2.40. The van der Waals surface area contributed by atoms with Gasteiger partial charge in [-0.1, -0.05) is 89.6 Å². The molecule has 5 nitrogen and oxygen atoms in total. The van der Waals surface area contributed by atoms with E-state index in [0.717, 1.165) is 23.2 Å². The Bertz CT molecular complexity index is 1170. The molecule has 1 aromatic heterocycles. The summed E-state index contributed by atoms with van der Waals surface area (Å²) in [6.45, 7) is 9.07. The largest absolute Gasteiger partial charge is 0.481 e. The molecule has 2 aromatic rings. The molecule has 1 heterocycles. The third-order valence-corrected chi connectivity index (χ3v) is 9.45. The first kappa shape index (κ1) is 26.3. The van der Waals surface area contributed by atoms with E-state index in [-0.39, 0.29) is 28.7 Å². The van der Waals surface area contributed by atoms with Crippen LogP contribution in [-0.2, 0) is 22.0 Å². The summed E-state index contributed by atoms with van der Waals surface area (Å²) in [5.74, 6) is -0.813. The lowest BCUT2D eigenvalue weighted by molar-refractivity contribution is -0.145. The van der Waals surface area contributed by atoms with Crippen LogP contribution in [0.1, 0.15) is 113 Å². The molecule has 200 valence electrons. The summed E-state index contributed by atoms with van der Waals surface area (Å²) in [6, 6.07) is 6.80. The zero-order chi connectivity index (χ0) is 26.5. The van der Waals surface area contributed by atoms with Gasteiger partial charge in [0.15, 0.2) is 0 Å². The maximum atomic E-state index is 13.3. The van der Waals surface area contributed by atoms with Crippen molar-refractivity contribution in [2.24, 2.45) is 11.8 Å². The minimum Gasteiger partial charge on any atom is -0.481 e. The van der Waals surface area contributed by atoms with Gasteiger partial charge in [-0.2, -0.15) is 0 Å². The van der Waals surface area contributed by atoms with E-state index in [1.807, 2.05) is 0 Å². The standard InChI is InChI=1S/C31H41ClN2O3/c1-30(2,3)21-13-19(14-22(17-21)31(4)10-11-31)25-24(12-18-8-6-5-7-9-18)34-27(26(25)32)28(35)33-23-15-20(16-23)29(36)37/h13-14,17-18,20,23,34H,5-12,15-16H2,1-4H3,(H,33,35)(H,36,37). The predicted molar refractivity (Wildman–Crippen MR) is 148 cm³/mol. The fourth-order valence-electron chi connectivity index (χ4n) is 6.04. The number of aliphatic carboxylic acids is 1. The monoisotopic (exact) mass is 524 g/mol. The van der Waals surface area contributed by atoms with Crippen molar-refractivity contribution >= 4 is 23.5 Å². The average Bonchev–Trinajstić information content (AvgIpc) is 3.49. The predicted octanol–water partition coefficient (Wildman–Crippen LogP) is 7.40. The number of hydrogen-bond acceptors (Lipinski definition) is 2. The molecule has 1 amide bonds. The van der Waals surface area contributed by atoms with Gasteiger partial charge in [-0.3, -0.25) is 9.59 Å². The summed E-state index contributed by atoms with van der Waals surface area (Å²) in [4.78, 5) is 28.0.